The molecule has 0 aliphatic rings. The first kappa shape index (κ1) is 12.8. The van der Waals surface area contributed by atoms with Gasteiger partial charge in [0, 0.05) is 6.04 Å². The summed E-state index contributed by atoms with van der Waals surface area (Å²) in [5, 5.41) is 7.74. The van der Waals surface area contributed by atoms with Crippen LogP contribution in [0.1, 0.15) is 36.6 Å². The van der Waals surface area contributed by atoms with Crippen LogP contribution in [-0.4, -0.2) is 21.8 Å². The van der Waals surface area contributed by atoms with Crippen LogP contribution in [0.25, 0.3) is 5.69 Å². The summed E-state index contributed by atoms with van der Waals surface area (Å²) in [6, 6.07) is 8.84. The quantitative estimate of drug-likeness (QED) is 0.898. The predicted molar refractivity (Wildman–Crippen MR) is 72.9 cm³/mol. The van der Waals surface area contributed by atoms with Gasteiger partial charge in [-0.25, -0.2) is 9.67 Å². The lowest BCUT2D eigenvalue weighted by atomic mass is 10.0. The van der Waals surface area contributed by atoms with Crippen molar-refractivity contribution in [3.8, 4) is 5.69 Å². The fourth-order valence-electron chi connectivity index (χ4n) is 2.25. The third-order valence-corrected chi connectivity index (χ3v) is 3.15. The molecule has 0 radical (unpaired) electrons. The highest BCUT2D eigenvalue weighted by molar-refractivity contribution is 5.37. The van der Waals surface area contributed by atoms with Crippen LogP contribution < -0.4 is 5.32 Å². The lowest BCUT2D eigenvalue weighted by Gasteiger charge is -2.15. The van der Waals surface area contributed by atoms with Crippen molar-refractivity contribution in [2.24, 2.45) is 0 Å². The van der Waals surface area contributed by atoms with Gasteiger partial charge < -0.3 is 5.32 Å². The van der Waals surface area contributed by atoms with Crippen molar-refractivity contribution in [2.45, 2.75) is 33.2 Å². The van der Waals surface area contributed by atoms with Crippen molar-refractivity contribution in [2.75, 3.05) is 7.05 Å². The van der Waals surface area contributed by atoms with Crippen molar-refractivity contribution in [3.05, 3.63) is 41.5 Å². The first-order valence-corrected chi connectivity index (χ1v) is 6.33. The SMILES string of the molecule is CCC(NC)c1cccc(-n2nc(C)nc2C)c1. The van der Waals surface area contributed by atoms with Crippen LogP contribution in [-0.2, 0) is 0 Å². The molecule has 4 heteroatoms. The molecule has 2 aromatic rings. The molecule has 2 rings (SSSR count). The van der Waals surface area contributed by atoms with Crippen LogP contribution in [0.15, 0.2) is 24.3 Å². The van der Waals surface area contributed by atoms with Gasteiger partial charge in [-0.3, -0.25) is 0 Å². The van der Waals surface area contributed by atoms with Gasteiger partial charge in [0.25, 0.3) is 0 Å². The molecule has 1 unspecified atom stereocenters. The van der Waals surface area contributed by atoms with Crippen LogP contribution in [0, 0.1) is 13.8 Å². The Morgan fingerprint density at radius 1 is 1.33 bits per heavy atom. The van der Waals surface area contributed by atoms with Crippen molar-refractivity contribution >= 4 is 0 Å². The molecule has 18 heavy (non-hydrogen) atoms. The van der Waals surface area contributed by atoms with E-state index in [-0.39, 0.29) is 0 Å². The number of nitrogens with one attached hydrogen (secondary N) is 1. The molecule has 0 bridgehead atoms. The van der Waals surface area contributed by atoms with E-state index in [1.807, 2.05) is 25.6 Å². The summed E-state index contributed by atoms with van der Waals surface area (Å²) in [6.45, 7) is 6.07. The minimum atomic E-state index is 0.384. The first-order valence-electron chi connectivity index (χ1n) is 6.33. The Kier molecular flexibility index (Phi) is 3.77. The van der Waals surface area contributed by atoms with E-state index < -0.39 is 0 Å². The minimum absolute atomic E-state index is 0.384. The van der Waals surface area contributed by atoms with Gasteiger partial charge >= 0.3 is 0 Å². The van der Waals surface area contributed by atoms with E-state index in [0.717, 1.165) is 23.8 Å². The van der Waals surface area contributed by atoms with E-state index >= 15 is 0 Å². The first-order chi connectivity index (χ1) is 8.65. The van der Waals surface area contributed by atoms with E-state index in [9.17, 15) is 0 Å². The number of nitrogens with zero attached hydrogens (tertiary/aromatic N) is 3. The number of aryl methyl sites for hydroxylation is 2. The molecular weight excluding hydrogens is 224 g/mol. The van der Waals surface area contributed by atoms with Gasteiger partial charge in [0.15, 0.2) is 0 Å². The van der Waals surface area contributed by atoms with Gasteiger partial charge in [0.1, 0.15) is 11.6 Å². The zero-order valence-electron chi connectivity index (χ0n) is 11.4. The van der Waals surface area contributed by atoms with Crippen LogP contribution in [0.5, 0.6) is 0 Å². The maximum atomic E-state index is 4.42. The summed E-state index contributed by atoms with van der Waals surface area (Å²) < 4.78 is 1.89. The van der Waals surface area contributed by atoms with E-state index in [0.29, 0.717) is 6.04 Å². The monoisotopic (exact) mass is 244 g/mol. The molecule has 0 aliphatic heterocycles. The summed E-state index contributed by atoms with van der Waals surface area (Å²) in [7, 11) is 1.99. The molecule has 0 spiro atoms. The van der Waals surface area contributed by atoms with Gasteiger partial charge in [-0.15, -0.1) is 0 Å². The van der Waals surface area contributed by atoms with Gasteiger partial charge in [-0.05, 0) is 45.0 Å². The molecule has 0 saturated heterocycles. The number of rotatable bonds is 4. The molecule has 1 aromatic heterocycles. The smallest absolute Gasteiger partial charge is 0.148 e. The predicted octanol–water partition coefficient (Wildman–Crippen LogP) is 2.55. The largest absolute Gasteiger partial charge is 0.313 e. The molecule has 1 aromatic carbocycles. The highest BCUT2D eigenvalue weighted by atomic mass is 15.3. The number of benzene rings is 1. The van der Waals surface area contributed by atoms with E-state index in [1.54, 1.807) is 0 Å². The lowest BCUT2D eigenvalue weighted by Crippen LogP contribution is -2.15. The minimum Gasteiger partial charge on any atom is -0.313 e. The summed E-state index contributed by atoms with van der Waals surface area (Å²) in [6.07, 6.45) is 1.06. The molecule has 1 N–H and O–H groups in total. The maximum Gasteiger partial charge on any atom is 0.148 e. The Hall–Kier alpha value is -1.68. The number of aromatic nitrogens is 3. The Balaban J connectivity index is 2.41. The molecule has 1 atom stereocenters. The van der Waals surface area contributed by atoms with E-state index in [2.05, 4.69) is 46.6 Å². The molecule has 0 saturated carbocycles. The lowest BCUT2D eigenvalue weighted by molar-refractivity contribution is 0.576. The molecule has 0 aliphatic carbocycles. The zero-order valence-corrected chi connectivity index (χ0v) is 11.4. The second kappa shape index (κ2) is 5.31. The van der Waals surface area contributed by atoms with Crippen LogP contribution >= 0.6 is 0 Å². The van der Waals surface area contributed by atoms with E-state index in [4.69, 9.17) is 0 Å². The maximum absolute atomic E-state index is 4.42. The Morgan fingerprint density at radius 3 is 2.67 bits per heavy atom. The van der Waals surface area contributed by atoms with Crippen LogP contribution in [0.2, 0.25) is 0 Å². The van der Waals surface area contributed by atoms with Crippen molar-refractivity contribution in [1.82, 2.24) is 20.1 Å². The summed E-state index contributed by atoms with van der Waals surface area (Å²) in [4.78, 5) is 4.34. The van der Waals surface area contributed by atoms with Gasteiger partial charge in [0.2, 0.25) is 0 Å². The van der Waals surface area contributed by atoms with Gasteiger partial charge in [-0.1, -0.05) is 19.1 Å². The average molecular weight is 244 g/mol. The highest BCUT2D eigenvalue weighted by Crippen LogP contribution is 2.19. The summed E-state index contributed by atoms with van der Waals surface area (Å²) >= 11 is 0. The number of hydrogen-bond donors (Lipinski definition) is 1. The van der Waals surface area contributed by atoms with Crippen molar-refractivity contribution in [3.63, 3.8) is 0 Å². The fourth-order valence-corrected chi connectivity index (χ4v) is 2.25. The normalized spacial score (nSPS) is 12.7. The summed E-state index contributed by atoms with van der Waals surface area (Å²) in [5.41, 5.74) is 2.35. The van der Waals surface area contributed by atoms with E-state index in [1.165, 1.54) is 5.56 Å². The summed E-state index contributed by atoms with van der Waals surface area (Å²) in [5.74, 6) is 1.72. The third-order valence-electron chi connectivity index (χ3n) is 3.15. The second-order valence-corrected chi connectivity index (χ2v) is 4.46. The Bertz CT molecular complexity index is 526. The molecule has 4 nitrogen and oxygen atoms in total. The van der Waals surface area contributed by atoms with Gasteiger partial charge in [0.05, 0.1) is 5.69 Å². The average Bonchev–Trinajstić information content (AvgIpc) is 2.70. The second-order valence-electron chi connectivity index (χ2n) is 4.46. The number of hydrogen-bond acceptors (Lipinski definition) is 3. The van der Waals surface area contributed by atoms with Crippen LogP contribution in [0.3, 0.4) is 0 Å². The fraction of sp³-hybridized carbons (Fsp3) is 0.429. The molecular formula is C14H20N4. The zero-order chi connectivity index (χ0) is 13.1. The molecule has 0 fully saturated rings. The third kappa shape index (κ3) is 2.43. The topological polar surface area (TPSA) is 42.7 Å². The highest BCUT2D eigenvalue weighted by Gasteiger charge is 2.09. The standard InChI is InChI=1S/C14H20N4/c1-5-14(15-4)12-7-6-8-13(9-12)18-11(3)16-10(2)17-18/h6-9,14-15H,5H2,1-4H3. The Labute approximate surface area is 108 Å². The van der Waals surface area contributed by atoms with Crippen molar-refractivity contribution < 1.29 is 0 Å². The molecule has 1 heterocycles. The molecule has 96 valence electrons. The Morgan fingerprint density at radius 2 is 2.11 bits per heavy atom. The van der Waals surface area contributed by atoms with Crippen molar-refractivity contribution in [1.29, 1.82) is 0 Å². The van der Waals surface area contributed by atoms with Gasteiger partial charge in [-0.2, -0.15) is 5.10 Å². The van der Waals surface area contributed by atoms with Crippen LogP contribution in [0.4, 0.5) is 0 Å². The molecule has 0 amide bonds.